The Hall–Kier alpha value is -1.93. The number of nitrogens with zero attached hydrogens (tertiary/aromatic N) is 1. The highest BCUT2D eigenvalue weighted by Gasteiger charge is 2.28. The first kappa shape index (κ1) is 17.4. The minimum absolute atomic E-state index is 0.167. The largest absolute Gasteiger partial charge is 0.465 e. The second-order valence-corrected chi connectivity index (χ2v) is 7.48. The first-order valence-corrected chi connectivity index (χ1v) is 9.10. The number of hydrogen-bond acceptors (Lipinski definition) is 5. The summed E-state index contributed by atoms with van der Waals surface area (Å²) in [5, 5.41) is 2.77. The van der Waals surface area contributed by atoms with Crippen molar-refractivity contribution >= 4 is 27.6 Å². The van der Waals surface area contributed by atoms with Gasteiger partial charge < -0.3 is 10.1 Å². The minimum Gasteiger partial charge on any atom is -0.465 e. The maximum atomic E-state index is 12.3. The van der Waals surface area contributed by atoms with Crippen LogP contribution in [0.1, 0.15) is 23.2 Å². The molecule has 7 nitrogen and oxygen atoms in total. The summed E-state index contributed by atoms with van der Waals surface area (Å²) < 4.78 is 29.0. The Morgan fingerprint density at radius 1 is 1.26 bits per heavy atom. The molecule has 0 spiro atoms. The lowest BCUT2D eigenvalue weighted by Gasteiger charge is -2.29. The van der Waals surface area contributed by atoms with Gasteiger partial charge >= 0.3 is 5.97 Å². The fourth-order valence-electron chi connectivity index (χ4n) is 2.54. The Balaban J connectivity index is 1.97. The van der Waals surface area contributed by atoms with Crippen LogP contribution in [0.4, 0.5) is 5.69 Å². The molecule has 0 bridgehead atoms. The van der Waals surface area contributed by atoms with Crippen LogP contribution < -0.4 is 5.32 Å². The van der Waals surface area contributed by atoms with E-state index in [1.165, 1.54) is 17.7 Å². The Morgan fingerprint density at radius 3 is 2.48 bits per heavy atom. The summed E-state index contributed by atoms with van der Waals surface area (Å²) in [6.45, 7) is 0.693. The molecule has 0 radical (unpaired) electrons. The van der Waals surface area contributed by atoms with Crippen molar-refractivity contribution in [1.29, 1.82) is 0 Å². The summed E-state index contributed by atoms with van der Waals surface area (Å²) in [5.41, 5.74) is 0.876. The van der Waals surface area contributed by atoms with Crippen molar-refractivity contribution in [1.82, 2.24) is 4.31 Å². The number of ether oxygens (including phenoxy) is 1. The van der Waals surface area contributed by atoms with E-state index in [-0.39, 0.29) is 11.8 Å². The van der Waals surface area contributed by atoms with Crippen molar-refractivity contribution in [2.75, 3.05) is 31.8 Å². The number of anilines is 1. The summed E-state index contributed by atoms with van der Waals surface area (Å²) in [4.78, 5) is 23.8. The van der Waals surface area contributed by atoms with E-state index >= 15 is 0 Å². The molecule has 1 aliphatic rings. The number of hydrogen-bond donors (Lipinski definition) is 1. The van der Waals surface area contributed by atoms with Crippen LogP contribution in [-0.4, -0.2) is 51.1 Å². The molecule has 1 saturated heterocycles. The molecule has 0 unspecified atom stereocenters. The third-order valence-electron chi connectivity index (χ3n) is 3.84. The highest BCUT2D eigenvalue weighted by Crippen LogP contribution is 2.21. The number of benzene rings is 1. The van der Waals surface area contributed by atoms with Gasteiger partial charge in [-0.15, -0.1) is 0 Å². The van der Waals surface area contributed by atoms with Crippen molar-refractivity contribution in [3.8, 4) is 0 Å². The lowest BCUT2D eigenvalue weighted by Crippen LogP contribution is -2.40. The number of rotatable bonds is 4. The van der Waals surface area contributed by atoms with Gasteiger partial charge in [0.1, 0.15) is 0 Å². The van der Waals surface area contributed by atoms with Crippen molar-refractivity contribution in [2.24, 2.45) is 5.92 Å². The lowest BCUT2D eigenvalue weighted by molar-refractivity contribution is -0.120. The molecule has 0 saturated carbocycles. The first-order chi connectivity index (χ1) is 10.8. The monoisotopic (exact) mass is 340 g/mol. The number of nitrogens with one attached hydrogen (secondary N) is 1. The molecule has 1 N–H and O–H groups in total. The Labute approximate surface area is 135 Å². The molecular formula is C15H20N2O5S. The molecule has 1 amide bonds. The molecule has 1 aromatic rings. The van der Waals surface area contributed by atoms with Crippen molar-refractivity contribution < 1.29 is 22.7 Å². The summed E-state index contributed by atoms with van der Waals surface area (Å²) >= 11 is 0. The zero-order chi connectivity index (χ0) is 17.0. The van der Waals surface area contributed by atoms with Crippen molar-refractivity contribution in [3.05, 3.63) is 29.8 Å². The summed E-state index contributed by atoms with van der Waals surface area (Å²) in [5.74, 6) is -0.877. The molecule has 1 aromatic carbocycles. The average Bonchev–Trinajstić information content (AvgIpc) is 2.53. The van der Waals surface area contributed by atoms with E-state index in [1.54, 1.807) is 24.3 Å². The number of esters is 1. The molecule has 1 heterocycles. The molecule has 23 heavy (non-hydrogen) atoms. The van der Waals surface area contributed by atoms with Gasteiger partial charge in [0.05, 0.1) is 18.9 Å². The second-order valence-electron chi connectivity index (χ2n) is 5.50. The predicted octanol–water partition coefficient (Wildman–Crippen LogP) is 1.08. The van der Waals surface area contributed by atoms with E-state index in [2.05, 4.69) is 10.1 Å². The normalized spacial score (nSPS) is 16.8. The number of sulfonamides is 1. The zero-order valence-corrected chi connectivity index (χ0v) is 13.9. The zero-order valence-electron chi connectivity index (χ0n) is 13.1. The van der Waals surface area contributed by atoms with E-state index in [1.807, 2.05) is 0 Å². The topological polar surface area (TPSA) is 92.8 Å². The van der Waals surface area contributed by atoms with Crippen LogP contribution >= 0.6 is 0 Å². The van der Waals surface area contributed by atoms with Crippen LogP contribution in [0.2, 0.25) is 0 Å². The van der Waals surface area contributed by atoms with Gasteiger partial charge in [-0.05, 0) is 31.0 Å². The number of carbonyl (C=O) groups excluding carboxylic acids is 2. The fraction of sp³-hybridized carbons (Fsp3) is 0.467. The van der Waals surface area contributed by atoms with Crippen LogP contribution in [0.15, 0.2) is 24.3 Å². The average molecular weight is 340 g/mol. The number of carbonyl (C=O) groups is 2. The Kier molecular flexibility index (Phi) is 5.38. The van der Waals surface area contributed by atoms with E-state index < -0.39 is 16.0 Å². The molecule has 0 atom stereocenters. The highest BCUT2D eigenvalue weighted by molar-refractivity contribution is 7.88. The van der Waals surface area contributed by atoms with Crippen LogP contribution in [0.5, 0.6) is 0 Å². The third-order valence-corrected chi connectivity index (χ3v) is 5.15. The number of methoxy groups -OCH3 is 1. The van der Waals surface area contributed by atoms with Crippen LogP contribution in [0, 0.1) is 5.92 Å². The molecule has 1 fully saturated rings. The van der Waals surface area contributed by atoms with Crippen LogP contribution in [0.25, 0.3) is 0 Å². The number of piperidine rings is 1. The van der Waals surface area contributed by atoms with Gasteiger partial charge in [-0.1, -0.05) is 6.07 Å². The van der Waals surface area contributed by atoms with Gasteiger partial charge in [-0.3, -0.25) is 4.79 Å². The second kappa shape index (κ2) is 7.10. The summed E-state index contributed by atoms with van der Waals surface area (Å²) in [6, 6.07) is 6.51. The van der Waals surface area contributed by atoms with Gasteiger partial charge in [-0.25, -0.2) is 17.5 Å². The molecule has 2 rings (SSSR count). The highest BCUT2D eigenvalue weighted by atomic mass is 32.2. The summed E-state index contributed by atoms with van der Waals surface area (Å²) in [6.07, 6.45) is 2.14. The van der Waals surface area contributed by atoms with Gasteiger partial charge in [0.25, 0.3) is 0 Å². The smallest absolute Gasteiger partial charge is 0.337 e. The maximum Gasteiger partial charge on any atom is 0.337 e. The van der Waals surface area contributed by atoms with Gasteiger partial charge in [0.2, 0.25) is 15.9 Å². The van der Waals surface area contributed by atoms with Gasteiger partial charge in [0.15, 0.2) is 0 Å². The first-order valence-electron chi connectivity index (χ1n) is 7.25. The Bertz CT molecular complexity index is 694. The molecule has 1 aliphatic heterocycles. The molecule has 0 aromatic heterocycles. The van der Waals surface area contributed by atoms with Crippen LogP contribution in [0.3, 0.4) is 0 Å². The van der Waals surface area contributed by atoms with E-state index in [4.69, 9.17) is 0 Å². The Morgan fingerprint density at radius 2 is 1.91 bits per heavy atom. The van der Waals surface area contributed by atoms with E-state index in [9.17, 15) is 18.0 Å². The molecule has 126 valence electrons. The molecule has 0 aliphatic carbocycles. The van der Waals surface area contributed by atoms with Crippen molar-refractivity contribution in [3.63, 3.8) is 0 Å². The van der Waals surface area contributed by atoms with Crippen molar-refractivity contribution in [2.45, 2.75) is 12.8 Å². The maximum absolute atomic E-state index is 12.3. The van der Waals surface area contributed by atoms with Gasteiger partial charge in [0, 0.05) is 24.7 Å². The standard InChI is InChI=1S/C15H20N2O5S/c1-22-15(19)12-4-3-5-13(10-12)16-14(18)11-6-8-17(9-7-11)23(2,20)21/h3-5,10-11H,6-9H2,1-2H3,(H,16,18). The van der Waals surface area contributed by atoms with Gasteiger partial charge in [-0.2, -0.15) is 0 Å². The fourth-order valence-corrected chi connectivity index (χ4v) is 3.41. The van der Waals surface area contributed by atoms with E-state index in [0.29, 0.717) is 37.2 Å². The summed E-state index contributed by atoms with van der Waals surface area (Å²) in [7, 11) is -1.91. The molecule has 8 heteroatoms. The predicted molar refractivity (Wildman–Crippen MR) is 85.6 cm³/mol. The molecular weight excluding hydrogens is 320 g/mol. The van der Waals surface area contributed by atoms with E-state index in [0.717, 1.165) is 0 Å². The van der Waals surface area contributed by atoms with Crippen LogP contribution in [-0.2, 0) is 19.6 Å². The quantitative estimate of drug-likeness (QED) is 0.828. The minimum atomic E-state index is -3.20. The number of amides is 1. The lowest BCUT2D eigenvalue weighted by atomic mass is 9.97. The third kappa shape index (κ3) is 4.52. The SMILES string of the molecule is COC(=O)c1cccc(NC(=O)C2CCN(S(C)(=O)=O)CC2)c1.